The summed E-state index contributed by atoms with van der Waals surface area (Å²) in [6.07, 6.45) is 3.41. The summed E-state index contributed by atoms with van der Waals surface area (Å²) in [5.74, 6) is 0.816. The van der Waals surface area contributed by atoms with Crippen LogP contribution in [-0.2, 0) is 16.8 Å². The number of hydrogen-bond acceptors (Lipinski definition) is 3. The molecule has 132 valence electrons. The predicted octanol–water partition coefficient (Wildman–Crippen LogP) is 4.29. The summed E-state index contributed by atoms with van der Waals surface area (Å²) in [5, 5.41) is 11.9. The van der Waals surface area contributed by atoms with Crippen LogP contribution in [0.2, 0.25) is 5.02 Å². The zero-order chi connectivity index (χ0) is 18.1. The van der Waals surface area contributed by atoms with Crippen LogP contribution in [0.3, 0.4) is 0 Å². The summed E-state index contributed by atoms with van der Waals surface area (Å²) in [5.41, 5.74) is 2.27. The number of halogens is 1. The lowest BCUT2D eigenvalue weighted by Gasteiger charge is -2.16. The maximum absolute atomic E-state index is 12.9. The smallest absolute Gasteiger partial charge is 0.235 e. The van der Waals surface area contributed by atoms with Crippen molar-refractivity contribution in [3.63, 3.8) is 0 Å². The summed E-state index contributed by atoms with van der Waals surface area (Å²) in [6.45, 7) is 2.83. The molecule has 0 aliphatic heterocycles. The van der Waals surface area contributed by atoms with E-state index >= 15 is 0 Å². The lowest BCUT2D eigenvalue weighted by atomic mass is 9.95. The number of aromatic nitrogens is 3. The molecule has 1 heterocycles. The third-order valence-electron chi connectivity index (χ3n) is 4.92. The molecule has 6 heteroatoms. The first-order valence-electron chi connectivity index (χ1n) is 8.68. The Morgan fingerprint density at radius 2 is 2.00 bits per heavy atom. The van der Waals surface area contributed by atoms with E-state index in [4.69, 9.17) is 11.6 Å². The van der Waals surface area contributed by atoms with Gasteiger partial charge in [0.2, 0.25) is 5.91 Å². The molecule has 1 aliphatic carbocycles. The average molecular weight is 367 g/mol. The first-order valence-corrected chi connectivity index (χ1v) is 9.06. The molecule has 26 heavy (non-hydrogen) atoms. The molecule has 1 amide bonds. The molecule has 2 aromatic carbocycles. The van der Waals surface area contributed by atoms with Crippen molar-refractivity contribution in [2.24, 2.45) is 0 Å². The van der Waals surface area contributed by atoms with Crippen LogP contribution in [0, 0.1) is 0 Å². The summed E-state index contributed by atoms with van der Waals surface area (Å²) in [7, 11) is 0. The van der Waals surface area contributed by atoms with Crippen LogP contribution in [0.1, 0.15) is 25.3 Å². The fourth-order valence-electron chi connectivity index (χ4n) is 3.24. The number of nitrogens with zero attached hydrogens (tertiary/aromatic N) is 3. The number of hydrogen-bond donors (Lipinski definition) is 1. The van der Waals surface area contributed by atoms with Crippen molar-refractivity contribution in [3.8, 4) is 11.4 Å². The molecule has 0 saturated heterocycles. The Bertz CT molecular complexity index is 944. The molecule has 1 aliphatic rings. The molecule has 1 fully saturated rings. The van der Waals surface area contributed by atoms with Gasteiger partial charge in [0.05, 0.1) is 5.41 Å². The van der Waals surface area contributed by atoms with Gasteiger partial charge in [-0.25, -0.2) is 0 Å². The minimum Gasteiger partial charge on any atom is -0.325 e. The Kier molecular flexibility index (Phi) is 4.24. The van der Waals surface area contributed by atoms with E-state index in [9.17, 15) is 4.79 Å². The molecular weight excluding hydrogens is 348 g/mol. The predicted molar refractivity (Wildman–Crippen MR) is 102 cm³/mol. The summed E-state index contributed by atoms with van der Waals surface area (Å²) < 4.78 is 1.97. The Hall–Kier alpha value is -2.66. The van der Waals surface area contributed by atoms with Crippen molar-refractivity contribution in [3.05, 3.63) is 65.4 Å². The molecule has 0 atom stereocenters. The van der Waals surface area contributed by atoms with Crippen LogP contribution in [0.5, 0.6) is 0 Å². The molecule has 0 bridgehead atoms. The number of aryl methyl sites for hydroxylation is 1. The van der Waals surface area contributed by atoms with E-state index in [0.717, 1.165) is 42.0 Å². The Labute approximate surface area is 157 Å². The van der Waals surface area contributed by atoms with Crippen molar-refractivity contribution in [1.82, 2.24) is 14.8 Å². The van der Waals surface area contributed by atoms with E-state index in [1.54, 1.807) is 6.33 Å². The molecule has 3 aromatic rings. The molecule has 5 nitrogen and oxygen atoms in total. The van der Waals surface area contributed by atoms with E-state index in [0.29, 0.717) is 5.02 Å². The van der Waals surface area contributed by atoms with Crippen LogP contribution in [0.15, 0.2) is 54.9 Å². The van der Waals surface area contributed by atoms with E-state index in [1.165, 1.54) is 0 Å². The second-order valence-corrected chi connectivity index (χ2v) is 7.00. The van der Waals surface area contributed by atoms with Crippen molar-refractivity contribution in [1.29, 1.82) is 0 Å². The topological polar surface area (TPSA) is 59.8 Å². The number of nitrogens with one attached hydrogen (secondary N) is 1. The van der Waals surface area contributed by atoms with Crippen molar-refractivity contribution >= 4 is 23.2 Å². The number of carbonyl (C=O) groups is 1. The summed E-state index contributed by atoms with van der Waals surface area (Å²) in [6, 6.07) is 15.3. The monoisotopic (exact) mass is 366 g/mol. The second-order valence-electron chi connectivity index (χ2n) is 6.56. The molecular formula is C20H19ClN4O. The van der Waals surface area contributed by atoms with Crippen molar-refractivity contribution in [2.75, 3.05) is 5.32 Å². The molecule has 1 N–H and O–H groups in total. The van der Waals surface area contributed by atoms with Crippen LogP contribution in [-0.4, -0.2) is 20.7 Å². The van der Waals surface area contributed by atoms with Gasteiger partial charge in [0, 0.05) is 22.8 Å². The zero-order valence-electron chi connectivity index (χ0n) is 14.4. The van der Waals surface area contributed by atoms with Gasteiger partial charge in [0.1, 0.15) is 6.33 Å². The minimum absolute atomic E-state index is 0.0222. The minimum atomic E-state index is -0.440. The lowest BCUT2D eigenvalue weighted by molar-refractivity contribution is -0.118. The molecule has 0 radical (unpaired) electrons. The highest BCUT2D eigenvalue weighted by molar-refractivity contribution is 6.30. The fraction of sp³-hybridized carbons (Fsp3) is 0.250. The van der Waals surface area contributed by atoms with Gasteiger partial charge >= 0.3 is 0 Å². The lowest BCUT2D eigenvalue weighted by Crippen LogP contribution is -2.27. The van der Waals surface area contributed by atoms with E-state index < -0.39 is 5.41 Å². The zero-order valence-corrected chi connectivity index (χ0v) is 15.2. The highest BCUT2D eigenvalue weighted by atomic mass is 35.5. The van der Waals surface area contributed by atoms with Gasteiger partial charge in [-0.1, -0.05) is 35.9 Å². The van der Waals surface area contributed by atoms with Gasteiger partial charge in [-0.3, -0.25) is 4.79 Å². The number of benzene rings is 2. The third kappa shape index (κ3) is 2.99. The largest absolute Gasteiger partial charge is 0.325 e. The molecule has 0 unspecified atom stereocenters. The highest BCUT2D eigenvalue weighted by Gasteiger charge is 2.51. The standard InChI is InChI=1S/C20H19ClN4O/c1-2-25-13-22-24-18(25)14-4-3-5-17(12-14)23-19(26)20(10-11-20)15-6-8-16(21)9-7-15/h3-9,12-13H,2,10-11H2,1H3,(H,23,26). The third-order valence-corrected chi connectivity index (χ3v) is 5.17. The van der Waals surface area contributed by atoms with Gasteiger partial charge in [0.15, 0.2) is 5.82 Å². The quantitative estimate of drug-likeness (QED) is 0.732. The number of carbonyl (C=O) groups excluding carboxylic acids is 1. The summed E-state index contributed by atoms with van der Waals surface area (Å²) >= 11 is 5.97. The number of rotatable bonds is 5. The Morgan fingerprint density at radius 1 is 1.23 bits per heavy atom. The Balaban J connectivity index is 1.57. The SMILES string of the molecule is CCn1cnnc1-c1cccc(NC(=O)C2(c3ccc(Cl)cc3)CC2)c1. The molecule has 1 aromatic heterocycles. The van der Waals surface area contributed by atoms with Gasteiger partial charge in [-0.15, -0.1) is 10.2 Å². The Morgan fingerprint density at radius 3 is 2.69 bits per heavy atom. The maximum Gasteiger partial charge on any atom is 0.235 e. The highest BCUT2D eigenvalue weighted by Crippen LogP contribution is 2.49. The van der Waals surface area contributed by atoms with Crippen LogP contribution in [0.4, 0.5) is 5.69 Å². The van der Waals surface area contributed by atoms with Crippen LogP contribution in [0.25, 0.3) is 11.4 Å². The second kappa shape index (κ2) is 6.57. The average Bonchev–Trinajstić information content (AvgIpc) is 3.33. The van der Waals surface area contributed by atoms with Crippen molar-refractivity contribution < 1.29 is 4.79 Å². The first-order chi connectivity index (χ1) is 12.6. The maximum atomic E-state index is 12.9. The van der Waals surface area contributed by atoms with Crippen molar-refractivity contribution in [2.45, 2.75) is 31.7 Å². The number of amides is 1. The first kappa shape index (κ1) is 16.8. The number of anilines is 1. The van der Waals surface area contributed by atoms with Gasteiger partial charge in [-0.2, -0.15) is 0 Å². The normalized spacial score (nSPS) is 14.8. The molecule has 4 rings (SSSR count). The summed E-state index contributed by atoms with van der Waals surface area (Å²) in [4.78, 5) is 12.9. The fourth-order valence-corrected chi connectivity index (χ4v) is 3.36. The molecule has 0 spiro atoms. The van der Waals surface area contributed by atoms with E-state index in [2.05, 4.69) is 15.5 Å². The van der Waals surface area contributed by atoms with Crippen LogP contribution < -0.4 is 5.32 Å². The van der Waals surface area contributed by atoms with Gasteiger partial charge < -0.3 is 9.88 Å². The van der Waals surface area contributed by atoms with Crippen LogP contribution >= 0.6 is 11.6 Å². The van der Waals surface area contributed by atoms with Gasteiger partial charge in [-0.05, 0) is 49.6 Å². The molecule has 1 saturated carbocycles. The van der Waals surface area contributed by atoms with E-state index in [-0.39, 0.29) is 5.91 Å². The van der Waals surface area contributed by atoms with Gasteiger partial charge in [0.25, 0.3) is 0 Å². The van der Waals surface area contributed by atoms with E-state index in [1.807, 2.05) is 60.0 Å².